The van der Waals surface area contributed by atoms with Crippen LogP contribution >= 0.6 is 11.8 Å². The van der Waals surface area contributed by atoms with E-state index in [2.05, 4.69) is 25.8 Å². The summed E-state index contributed by atoms with van der Waals surface area (Å²) < 4.78 is 0. The normalized spacial score (nSPS) is 10.2. The molecule has 25 heavy (non-hydrogen) atoms. The van der Waals surface area contributed by atoms with E-state index in [4.69, 9.17) is 0 Å². The van der Waals surface area contributed by atoms with Gasteiger partial charge in [0.15, 0.2) is 5.16 Å². The Bertz CT molecular complexity index is 835. The number of H-pyrrole nitrogens is 1. The zero-order valence-electron chi connectivity index (χ0n) is 13.1. The number of aromatic amines is 1. The summed E-state index contributed by atoms with van der Waals surface area (Å²) in [6.07, 6.45) is 1.39. The molecule has 8 heteroatoms. The Hall–Kier alpha value is -3.13. The summed E-state index contributed by atoms with van der Waals surface area (Å²) in [6.45, 7) is 0. The van der Waals surface area contributed by atoms with Crippen LogP contribution in [0.15, 0.2) is 66.1 Å². The maximum atomic E-state index is 12.2. The van der Waals surface area contributed by atoms with Crippen molar-refractivity contribution in [3.8, 4) is 0 Å². The van der Waals surface area contributed by atoms with E-state index in [0.29, 0.717) is 16.4 Å². The number of aromatic nitrogens is 3. The highest BCUT2D eigenvalue weighted by molar-refractivity contribution is 7.99. The first-order chi connectivity index (χ1) is 12.2. The molecule has 3 N–H and O–H groups in total. The lowest BCUT2D eigenvalue weighted by atomic mass is 10.2. The van der Waals surface area contributed by atoms with Crippen LogP contribution in [-0.2, 0) is 4.79 Å². The van der Waals surface area contributed by atoms with Gasteiger partial charge in [0.1, 0.15) is 6.33 Å². The molecule has 3 rings (SSSR count). The minimum atomic E-state index is -0.204. The molecule has 2 aromatic carbocycles. The molecule has 0 bridgehead atoms. The Labute approximate surface area is 148 Å². The van der Waals surface area contributed by atoms with E-state index in [9.17, 15) is 9.59 Å². The fourth-order valence-corrected chi connectivity index (χ4v) is 2.60. The van der Waals surface area contributed by atoms with E-state index in [-0.39, 0.29) is 17.6 Å². The van der Waals surface area contributed by atoms with E-state index in [1.165, 1.54) is 18.1 Å². The number of carbonyl (C=O) groups excluding carboxylic acids is 2. The first-order valence-electron chi connectivity index (χ1n) is 7.45. The van der Waals surface area contributed by atoms with Gasteiger partial charge in [-0.25, -0.2) is 4.98 Å². The number of amides is 2. The van der Waals surface area contributed by atoms with Gasteiger partial charge in [0.25, 0.3) is 5.91 Å². The summed E-state index contributed by atoms with van der Waals surface area (Å²) in [6, 6.07) is 15.9. The molecule has 0 unspecified atom stereocenters. The van der Waals surface area contributed by atoms with E-state index < -0.39 is 0 Å². The highest BCUT2D eigenvalue weighted by Gasteiger charge is 2.08. The molecule has 1 aromatic heterocycles. The Morgan fingerprint density at radius 1 is 0.960 bits per heavy atom. The van der Waals surface area contributed by atoms with Gasteiger partial charge in [-0.1, -0.05) is 30.0 Å². The highest BCUT2D eigenvalue weighted by atomic mass is 32.2. The number of hydrogen-bond acceptors (Lipinski definition) is 5. The second-order valence-corrected chi connectivity index (χ2v) is 5.99. The average Bonchev–Trinajstić information content (AvgIpc) is 3.15. The minimum absolute atomic E-state index is 0.164. The van der Waals surface area contributed by atoms with Crippen molar-refractivity contribution in [1.82, 2.24) is 15.2 Å². The molecule has 3 aromatic rings. The number of nitrogens with one attached hydrogen (secondary N) is 3. The molecular weight excluding hydrogens is 338 g/mol. The van der Waals surface area contributed by atoms with Crippen LogP contribution in [0.3, 0.4) is 0 Å². The summed E-state index contributed by atoms with van der Waals surface area (Å²) in [5.41, 5.74) is 1.87. The maximum Gasteiger partial charge on any atom is 0.255 e. The molecule has 2 amide bonds. The third-order valence-corrected chi connectivity index (χ3v) is 4.07. The van der Waals surface area contributed by atoms with E-state index in [1.54, 1.807) is 24.3 Å². The van der Waals surface area contributed by atoms with Crippen molar-refractivity contribution < 1.29 is 9.59 Å². The van der Waals surface area contributed by atoms with Crippen LogP contribution in [-0.4, -0.2) is 32.7 Å². The lowest BCUT2D eigenvalue weighted by Gasteiger charge is -2.07. The molecule has 0 fully saturated rings. The number of carbonyl (C=O) groups is 2. The SMILES string of the molecule is O=C(CSc1ncn[nH]1)Nc1ccc(C(=O)Nc2ccccc2)cc1. The van der Waals surface area contributed by atoms with Crippen molar-refractivity contribution in [2.75, 3.05) is 16.4 Å². The maximum absolute atomic E-state index is 12.2. The van der Waals surface area contributed by atoms with Crippen LogP contribution in [0.5, 0.6) is 0 Å². The molecule has 7 nitrogen and oxygen atoms in total. The van der Waals surface area contributed by atoms with Crippen LogP contribution in [0.25, 0.3) is 0 Å². The smallest absolute Gasteiger partial charge is 0.255 e. The Morgan fingerprint density at radius 3 is 2.36 bits per heavy atom. The van der Waals surface area contributed by atoms with Crippen LogP contribution < -0.4 is 10.6 Å². The molecule has 0 saturated carbocycles. The molecule has 126 valence electrons. The fourth-order valence-electron chi connectivity index (χ4n) is 2.02. The summed E-state index contributed by atoms with van der Waals surface area (Å²) in [5.74, 6) is -0.154. The van der Waals surface area contributed by atoms with Crippen molar-refractivity contribution in [1.29, 1.82) is 0 Å². The second-order valence-electron chi connectivity index (χ2n) is 5.02. The van der Waals surface area contributed by atoms with Crippen LogP contribution in [0.4, 0.5) is 11.4 Å². The molecule has 0 spiro atoms. The van der Waals surface area contributed by atoms with E-state index in [1.807, 2.05) is 30.3 Å². The van der Waals surface area contributed by atoms with Crippen molar-refractivity contribution in [2.24, 2.45) is 0 Å². The molecule has 0 atom stereocenters. The second kappa shape index (κ2) is 8.11. The molecule has 0 aliphatic carbocycles. The molecule has 0 aliphatic rings. The number of thioether (sulfide) groups is 1. The van der Waals surface area contributed by atoms with Gasteiger partial charge < -0.3 is 10.6 Å². The Kier molecular flexibility index (Phi) is 5.43. The lowest BCUT2D eigenvalue weighted by molar-refractivity contribution is -0.113. The van der Waals surface area contributed by atoms with E-state index in [0.717, 1.165) is 5.69 Å². The summed E-state index contributed by atoms with van der Waals surface area (Å²) in [5, 5.41) is 12.5. The van der Waals surface area contributed by atoms with Crippen LogP contribution in [0, 0.1) is 0 Å². The quantitative estimate of drug-likeness (QED) is 0.592. The monoisotopic (exact) mass is 353 g/mol. The highest BCUT2D eigenvalue weighted by Crippen LogP contribution is 2.14. The van der Waals surface area contributed by atoms with Gasteiger partial charge in [-0.3, -0.25) is 14.7 Å². The number of nitrogens with zero attached hydrogens (tertiary/aromatic N) is 2. The molecule has 1 heterocycles. The van der Waals surface area contributed by atoms with Gasteiger partial charge in [0, 0.05) is 16.9 Å². The number of para-hydroxylation sites is 1. The zero-order valence-corrected chi connectivity index (χ0v) is 13.9. The largest absolute Gasteiger partial charge is 0.325 e. The predicted octanol–water partition coefficient (Wildman–Crippen LogP) is 2.79. The van der Waals surface area contributed by atoms with Gasteiger partial charge >= 0.3 is 0 Å². The van der Waals surface area contributed by atoms with Crippen molar-refractivity contribution >= 4 is 35.0 Å². The van der Waals surface area contributed by atoms with Gasteiger partial charge in [0.2, 0.25) is 5.91 Å². The summed E-state index contributed by atoms with van der Waals surface area (Å²) >= 11 is 1.26. The minimum Gasteiger partial charge on any atom is -0.325 e. The number of hydrogen-bond donors (Lipinski definition) is 3. The average molecular weight is 353 g/mol. The topological polar surface area (TPSA) is 99.8 Å². The molecular formula is C17H15N5O2S. The van der Waals surface area contributed by atoms with Gasteiger partial charge in [0.05, 0.1) is 5.75 Å². The van der Waals surface area contributed by atoms with Crippen molar-refractivity contribution in [2.45, 2.75) is 5.16 Å². The summed E-state index contributed by atoms with van der Waals surface area (Å²) in [4.78, 5) is 28.0. The first kappa shape index (κ1) is 16.7. The first-order valence-corrected chi connectivity index (χ1v) is 8.44. The number of rotatable bonds is 6. The molecule has 0 saturated heterocycles. The van der Waals surface area contributed by atoms with E-state index >= 15 is 0 Å². The number of anilines is 2. The number of benzene rings is 2. The van der Waals surface area contributed by atoms with Crippen molar-refractivity contribution in [3.05, 3.63) is 66.5 Å². The van der Waals surface area contributed by atoms with Crippen LogP contribution in [0.1, 0.15) is 10.4 Å². The summed E-state index contributed by atoms with van der Waals surface area (Å²) in [7, 11) is 0. The van der Waals surface area contributed by atoms with Crippen LogP contribution in [0.2, 0.25) is 0 Å². The zero-order chi connectivity index (χ0) is 17.5. The molecule has 0 radical (unpaired) electrons. The van der Waals surface area contributed by atoms with Gasteiger partial charge in [-0.05, 0) is 36.4 Å². The molecule has 0 aliphatic heterocycles. The predicted molar refractivity (Wildman–Crippen MR) is 96.6 cm³/mol. The van der Waals surface area contributed by atoms with Crippen molar-refractivity contribution in [3.63, 3.8) is 0 Å². The Morgan fingerprint density at radius 2 is 1.68 bits per heavy atom. The lowest BCUT2D eigenvalue weighted by Crippen LogP contribution is -2.15. The third kappa shape index (κ3) is 4.92. The fraction of sp³-hybridized carbons (Fsp3) is 0.0588. The van der Waals surface area contributed by atoms with Gasteiger partial charge in [-0.2, -0.15) is 5.10 Å². The van der Waals surface area contributed by atoms with Gasteiger partial charge in [-0.15, -0.1) is 0 Å². The third-order valence-electron chi connectivity index (χ3n) is 3.20. The standard InChI is InChI=1S/C17H15N5O2S/c23-15(10-25-17-18-11-19-22-17)20-14-8-6-12(7-9-14)16(24)21-13-4-2-1-3-5-13/h1-9,11H,10H2,(H,20,23)(H,21,24)(H,18,19,22). The Balaban J connectivity index is 1.52.